The van der Waals surface area contributed by atoms with E-state index in [0.717, 1.165) is 17.1 Å². The van der Waals surface area contributed by atoms with Crippen LogP contribution in [0.15, 0.2) is 71.7 Å². The molecular formula is C29H29N3O6S. The molecule has 0 spiro atoms. The van der Waals surface area contributed by atoms with Gasteiger partial charge in [-0.1, -0.05) is 17.8 Å². The Kier molecular flexibility index (Phi) is 8.21. The molecule has 2 aliphatic heterocycles. The van der Waals surface area contributed by atoms with Gasteiger partial charge >= 0.3 is 0 Å². The van der Waals surface area contributed by atoms with Crippen molar-refractivity contribution in [3.63, 3.8) is 0 Å². The molecule has 0 radical (unpaired) electrons. The molecule has 10 heteroatoms. The molecule has 1 atom stereocenters. The van der Waals surface area contributed by atoms with Gasteiger partial charge in [0.25, 0.3) is 0 Å². The van der Waals surface area contributed by atoms with E-state index in [1.807, 2.05) is 56.3 Å². The van der Waals surface area contributed by atoms with Crippen molar-refractivity contribution in [3.8, 4) is 23.0 Å². The van der Waals surface area contributed by atoms with E-state index < -0.39 is 5.25 Å². The molecule has 2 aliphatic rings. The zero-order valence-electron chi connectivity index (χ0n) is 21.7. The number of hydrogen-bond acceptors (Lipinski definition) is 8. The van der Waals surface area contributed by atoms with Crippen molar-refractivity contribution in [2.24, 2.45) is 4.99 Å². The molecule has 0 aliphatic carbocycles. The first kappa shape index (κ1) is 26.4. The molecule has 3 aromatic rings. The minimum absolute atomic E-state index is 0.0420. The monoisotopic (exact) mass is 547 g/mol. The zero-order valence-corrected chi connectivity index (χ0v) is 22.5. The molecule has 0 unspecified atom stereocenters. The van der Waals surface area contributed by atoms with Crippen LogP contribution in [-0.4, -0.2) is 47.1 Å². The second-order valence-electron chi connectivity index (χ2n) is 8.75. The molecule has 0 bridgehead atoms. The normalized spacial score (nSPS) is 17.3. The van der Waals surface area contributed by atoms with Crippen LogP contribution in [0, 0.1) is 0 Å². The van der Waals surface area contributed by atoms with Crippen LogP contribution < -0.4 is 24.3 Å². The molecule has 2 heterocycles. The van der Waals surface area contributed by atoms with Crippen LogP contribution in [0.4, 0.5) is 11.4 Å². The van der Waals surface area contributed by atoms with Crippen LogP contribution in [0.1, 0.15) is 25.8 Å². The number of anilines is 1. The van der Waals surface area contributed by atoms with Crippen molar-refractivity contribution in [2.45, 2.75) is 32.1 Å². The highest BCUT2D eigenvalue weighted by Crippen LogP contribution is 2.35. The summed E-state index contributed by atoms with van der Waals surface area (Å²) in [5.41, 5.74) is 2.14. The lowest BCUT2D eigenvalue weighted by Gasteiger charge is -2.32. The molecule has 39 heavy (non-hydrogen) atoms. The second kappa shape index (κ2) is 12.1. The van der Waals surface area contributed by atoms with Crippen molar-refractivity contribution >= 4 is 40.1 Å². The number of amides is 2. The largest absolute Gasteiger partial charge is 0.494 e. The lowest BCUT2D eigenvalue weighted by atomic mass is 10.1. The summed E-state index contributed by atoms with van der Waals surface area (Å²) < 4.78 is 21.9. The standard InChI is InChI=1S/C29H29N3O6S/c1-3-35-22-10-6-20(7-11-22)30-28(34)26-16-27(33)32(17-19-5-14-24-25(15-19)38-18-37-24)29(39-26)31-21-8-12-23(13-9-21)36-4-2/h5-15,26H,3-4,16-18H2,1-2H3,(H,30,34)/t26-/m0/s1. The summed E-state index contributed by atoms with van der Waals surface area (Å²) in [4.78, 5) is 33.0. The Bertz CT molecular complexity index is 1360. The first-order chi connectivity index (χ1) is 19.0. The fraction of sp³-hybridized carbons (Fsp3) is 0.276. The van der Waals surface area contributed by atoms with Crippen molar-refractivity contribution in [1.29, 1.82) is 0 Å². The number of amidine groups is 1. The van der Waals surface area contributed by atoms with Gasteiger partial charge in [0.05, 0.1) is 25.4 Å². The third-order valence-electron chi connectivity index (χ3n) is 6.02. The van der Waals surface area contributed by atoms with Gasteiger partial charge in [-0.15, -0.1) is 0 Å². The molecular weight excluding hydrogens is 518 g/mol. The van der Waals surface area contributed by atoms with Gasteiger partial charge in [-0.25, -0.2) is 4.99 Å². The van der Waals surface area contributed by atoms with Crippen molar-refractivity contribution in [3.05, 3.63) is 72.3 Å². The summed E-state index contributed by atoms with van der Waals surface area (Å²) in [6.07, 6.45) is 0.0420. The maximum absolute atomic E-state index is 13.4. The predicted octanol–water partition coefficient (Wildman–Crippen LogP) is 5.37. The van der Waals surface area contributed by atoms with Gasteiger partial charge in [0, 0.05) is 12.1 Å². The van der Waals surface area contributed by atoms with Crippen LogP contribution in [0.2, 0.25) is 0 Å². The number of hydrogen-bond donors (Lipinski definition) is 1. The predicted molar refractivity (Wildman–Crippen MR) is 150 cm³/mol. The van der Waals surface area contributed by atoms with Gasteiger partial charge < -0.3 is 24.3 Å². The molecule has 202 valence electrons. The van der Waals surface area contributed by atoms with Gasteiger partial charge in [-0.2, -0.15) is 0 Å². The Labute approximate surface area is 231 Å². The first-order valence-electron chi connectivity index (χ1n) is 12.7. The number of carbonyl (C=O) groups is 2. The van der Waals surface area contributed by atoms with Gasteiger partial charge in [0.15, 0.2) is 16.7 Å². The lowest BCUT2D eigenvalue weighted by Crippen LogP contribution is -2.44. The average Bonchev–Trinajstić information content (AvgIpc) is 3.41. The lowest BCUT2D eigenvalue weighted by molar-refractivity contribution is -0.129. The van der Waals surface area contributed by atoms with Crippen LogP contribution in [0.3, 0.4) is 0 Å². The Hall–Kier alpha value is -4.18. The summed E-state index contributed by atoms with van der Waals surface area (Å²) in [5, 5.41) is 2.72. The maximum atomic E-state index is 13.4. The Morgan fingerprint density at radius 1 is 0.974 bits per heavy atom. The summed E-state index contributed by atoms with van der Waals surface area (Å²) in [6.45, 7) is 5.41. The first-order valence-corrected chi connectivity index (χ1v) is 13.6. The molecule has 1 fully saturated rings. The number of carbonyl (C=O) groups excluding carboxylic acids is 2. The van der Waals surface area contributed by atoms with E-state index in [9.17, 15) is 9.59 Å². The van der Waals surface area contributed by atoms with E-state index in [1.54, 1.807) is 29.2 Å². The molecule has 2 amide bonds. The van der Waals surface area contributed by atoms with Crippen LogP contribution >= 0.6 is 11.8 Å². The smallest absolute Gasteiger partial charge is 0.238 e. The molecule has 3 aromatic carbocycles. The van der Waals surface area contributed by atoms with Crippen molar-refractivity contribution < 1.29 is 28.5 Å². The van der Waals surface area contributed by atoms with Crippen molar-refractivity contribution in [2.75, 3.05) is 25.3 Å². The van der Waals surface area contributed by atoms with E-state index in [4.69, 9.17) is 23.9 Å². The summed E-state index contributed by atoms with van der Waals surface area (Å²) in [6, 6.07) is 20.0. The van der Waals surface area contributed by atoms with Gasteiger partial charge in [-0.3, -0.25) is 14.5 Å². The van der Waals surface area contributed by atoms with E-state index in [0.29, 0.717) is 41.3 Å². The van der Waals surface area contributed by atoms with E-state index in [1.165, 1.54) is 11.8 Å². The number of benzene rings is 3. The Balaban J connectivity index is 1.37. The molecule has 5 rings (SSSR count). The minimum atomic E-state index is -0.640. The molecule has 0 saturated carbocycles. The van der Waals surface area contributed by atoms with E-state index in [-0.39, 0.29) is 31.6 Å². The number of fused-ring (bicyclic) bond motifs is 1. The Morgan fingerprint density at radius 3 is 2.33 bits per heavy atom. The molecule has 0 aromatic heterocycles. The number of aliphatic imine (C=N–C) groups is 1. The third-order valence-corrected chi connectivity index (χ3v) is 7.20. The van der Waals surface area contributed by atoms with E-state index >= 15 is 0 Å². The summed E-state index contributed by atoms with van der Waals surface area (Å²) in [7, 11) is 0. The minimum Gasteiger partial charge on any atom is -0.494 e. The molecule has 9 nitrogen and oxygen atoms in total. The van der Waals surface area contributed by atoms with Gasteiger partial charge in [0.2, 0.25) is 18.6 Å². The second-order valence-corrected chi connectivity index (χ2v) is 9.92. The topological polar surface area (TPSA) is 98.7 Å². The average molecular weight is 548 g/mol. The van der Waals surface area contributed by atoms with Crippen LogP contribution in [-0.2, 0) is 16.1 Å². The van der Waals surface area contributed by atoms with Gasteiger partial charge in [-0.05, 0) is 80.1 Å². The number of thioether (sulfide) groups is 1. The molecule has 1 saturated heterocycles. The fourth-order valence-electron chi connectivity index (χ4n) is 4.14. The van der Waals surface area contributed by atoms with Crippen molar-refractivity contribution in [1.82, 2.24) is 4.90 Å². The summed E-state index contributed by atoms with van der Waals surface area (Å²) in [5.74, 6) is 2.32. The SMILES string of the molecule is CCOc1ccc(N=C2S[C@H](C(=O)Nc3ccc(OCC)cc3)CC(=O)N2Cc2ccc3c(c2)OCO3)cc1. The maximum Gasteiger partial charge on any atom is 0.238 e. The number of nitrogens with zero attached hydrogens (tertiary/aromatic N) is 2. The molecule has 1 N–H and O–H groups in total. The van der Waals surface area contributed by atoms with Gasteiger partial charge in [0.1, 0.15) is 16.7 Å². The Morgan fingerprint density at radius 2 is 1.64 bits per heavy atom. The highest BCUT2D eigenvalue weighted by atomic mass is 32.2. The number of ether oxygens (including phenoxy) is 4. The third kappa shape index (κ3) is 6.46. The highest BCUT2D eigenvalue weighted by molar-refractivity contribution is 8.15. The van der Waals surface area contributed by atoms with Crippen LogP contribution in [0.5, 0.6) is 23.0 Å². The quantitative estimate of drug-likeness (QED) is 0.384. The fourth-order valence-corrected chi connectivity index (χ4v) is 5.23. The number of rotatable bonds is 9. The highest BCUT2D eigenvalue weighted by Gasteiger charge is 2.36. The summed E-state index contributed by atoms with van der Waals surface area (Å²) >= 11 is 1.27. The van der Waals surface area contributed by atoms with E-state index in [2.05, 4.69) is 5.32 Å². The number of nitrogens with one attached hydrogen (secondary N) is 1. The zero-order chi connectivity index (χ0) is 27.2. The van der Waals surface area contributed by atoms with Crippen LogP contribution in [0.25, 0.3) is 0 Å².